The number of carbonyl (C=O) groups excluding carboxylic acids is 1. The van der Waals surface area contributed by atoms with Crippen molar-refractivity contribution in [2.24, 2.45) is 11.8 Å². The van der Waals surface area contributed by atoms with E-state index in [1.165, 1.54) is 18.9 Å². The minimum Gasteiger partial charge on any atom is -0.458 e. The van der Waals surface area contributed by atoms with Gasteiger partial charge >= 0.3 is 5.97 Å². The van der Waals surface area contributed by atoms with Gasteiger partial charge in [-0.1, -0.05) is 6.92 Å². The molecule has 0 aromatic rings. The summed E-state index contributed by atoms with van der Waals surface area (Å²) < 4.78 is 5.48. The molecule has 0 radical (unpaired) electrons. The fourth-order valence-electron chi connectivity index (χ4n) is 3.36. The molecule has 1 fully saturated rings. The van der Waals surface area contributed by atoms with E-state index >= 15 is 0 Å². The second-order valence-corrected chi connectivity index (χ2v) is 6.19. The average molecular weight is 261 g/mol. The first kappa shape index (κ1) is 14.1. The van der Waals surface area contributed by atoms with Crippen LogP contribution in [-0.4, -0.2) is 17.6 Å². The highest BCUT2D eigenvalue weighted by atomic mass is 16.5. The van der Waals surface area contributed by atoms with E-state index in [2.05, 4.69) is 17.8 Å². The third kappa shape index (κ3) is 2.83. The van der Waals surface area contributed by atoms with Crippen molar-refractivity contribution in [1.29, 1.82) is 0 Å². The molecule has 0 spiro atoms. The molecule has 2 rings (SSSR count). The molecular formula is C16H23NO2. The van der Waals surface area contributed by atoms with Crippen LogP contribution >= 0.6 is 0 Å². The number of nitrogens with zero attached hydrogens (tertiary/aromatic N) is 1. The van der Waals surface area contributed by atoms with Gasteiger partial charge in [0.2, 0.25) is 0 Å². The Hall–Kier alpha value is -1.30. The Kier molecular flexibility index (Phi) is 3.99. The lowest BCUT2D eigenvalue weighted by Gasteiger charge is -2.31. The molecule has 0 aromatic heterocycles. The number of fused-ring (bicyclic) bond motifs is 1. The van der Waals surface area contributed by atoms with Gasteiger partial charge in [-0.2, -0.15) is 0 Å². The van der Waals surface area contributed by atoms with Crippen LogP contribution in [0.2, 0.25) is 0 Å². The van der Waals surface area contributed by atoms with E-state index in [1.807, 2.05) is 6.92 Å². The van der Waals surface area contributed by atoms with E-state index < -0.39 is 5.54 Å². The molecule has 0 amide bonds. The Morgan fingerprint density at radius 2 is 2.16 bits per heavy atom. The molecule has 0 N–H and O–H groups in total. The van der Waals surface area contributed by atoms with Gasteiger partial charge in [0.1, 0.15) is 6.10 Å². The Balaban J connectivity index is 2.34. The van der Waals surface area contributed by atoms with Crippen LogP contribution in [0.15, 0.2) is 11.6 Å². The lowest BCUT2D eigenvalue weighted by atomic mass is 9.80. The summed E-state index contributed by atoms with van der Waals surface area (Å²) in [4.78, 5) is 15.1. The lowest BCUT2D eigenvalue weighted by Crippen LogP contribution is -2.30. The third-order valence-electron chi connectivity index (χ3n) is 4.82. The molecule has 4 atom stereocenters. The summed E-state index contributed by atoms with van der Waals surface area (Å²) in [5.41, 5.74) is 0.768. The summed E-state index contributed by atoms with van der Waals surface area (Å²) in [6.07, 6.45) is 7.42. The first-order valence-electron chi connectivity index (χ1n) is 7.24. The smallest absolute Gasteiger partial charge is 0.303 e. The summed E-state index contributed by atoms with van der Waals surface area (Å²) in [7, 11) is 0. The molecule has 0 heterocycles. The Bertz CT molecular complexity index is 435. The number of esters is 1. The van der Waals surface area contributed by atoms with Crippen LogP contribution in [0.25, 0.3) is 4.85 Å². The van der Waals surface area contributed by atoms with Crippen LogP contribution in [0.1, 0.15) is 52.9 Å². The second kappa shape index (κ2) is 5.36. The fraction of sp³-hybridized carbons (Fsp3) is 0.750. The van der Waals surface area contributed by atoms with Crippen molar-refractivity contribution in [3.8, 4) is 0 Å². The maximum atomic E-state index is 11.3. The monoisotopic (exact) mass is 261 g/mol. The van der Waals surface area contributed by atoms with Gasteiger partial charge in [0, 0.05) is 25.8 Å². The zero-order valence-corrected chi connectivity index (χ0v) is 12.1. The molecule has 0 aliphatic heterocycles. The SMILES string of the molecule is [C-]#[N+][C@@]1(C)C=C2[C@H](CCC[C@@H]2OC(C)=O)CC[C@H]1C. The van der Waals surface area contributed by atoms with Crippen molar-refractivity contribution >= 4 is 5.97 Å². The largest absolute Gasteiger partial charge is 0.458 e. The molecule has 0 saturated heterocycles. The maximum absolute atomic E-state index is 11.3. The number of carbonyl (C=O) groups is 1. The minimum atomic E-state index is -0.445. The molecular weight excluding hydrogens is 238 g/mol. The van der Waals surface area contributed by atoms with Crippen molar-refractivity contribution in [2.75, 3.05) is 0 Å². The maximum Gasteiger partial charge on any atom is 0.303 e. The number of rotatable bonds is 1. The van der Waals surface area contributed by atoms with E-state index in [9.17, 15) is 4.79 Å². The zero-order chi connectivity index (χ0) is 14.0. The van der Waals surface area contributed by atoms with Crippen LogP contribution < -0.4 is 0 Å². The van der Waals surface area contributed by atoms with Crippen molar-refractivity contribution in [2.45, 2.75) is 64.5 Å². The van der Waals surface area contributed by atoms with Gasteiger partial charge < -0.3 is 9.58 Å². The van der Waals surface area contributed by atoms with Crippen LogP contribution in [0.4, 0.5) is 0 Å². The Morgan fingerprint density at radius 3 is 2.79 bits per heavy atom. The molecule has 104 valence electrons. The van der Waals surface area contributed by atoms with Crippen LogP contribution in [0, 0.1) is 18.4 Å². The van der Waals surface area contributed by atoms with Crippen molar-refractivity contribution in [1.82, 2.24) is 0 Å². The summed E-state index contributed by atoms with van der Waals surface area (Å²) in [6.45, 7) is 13.2. The lowest BCUT2D eigenvalue weighted by molar-refractivity contribution is -0.145. The van der Waals surface area contributed by atoms with Crippen molar-refractivity contribution in [3.63, 3.8) is 0 Å². The normalized spacial score (nSPS) is 38.4. The Labute approximate surface area is 115 Å². The van der Waals surface area contributed by atoms with Gasteiger partial charge in [-0.15, -0.1) is 0 Å². The summed E-state index contributed by atoms with van der Waals surface area (Å²) in [5.74, 6) is 0.651. The zero-order valence-electron chi connectivity index (χ0n) is 12.1. The van der Waals surface area contributed by atoms with Crippen LogP contribution in [0.3, 0.4) is 0 Å². The molecule has 19 heavy (non-hydrogen) atoms. The Morgan fingerprint density at radius 1 is 1.42 bits per heavy atom. The second-order valence-electron chi connectivity index (χ2n) is 6.19. The van der Waals surface area contributed by atoms with E-state index in [4.69, 9.17) is 11.3 Å². The molecule has 2 aliphatic rings. The highest BCUT2D eigenvalue weighted by Gasteiger charge is 2.42. The van der Waals surface area contributed by atoms with Crippen molar-refractivity contribution in [3.05, 3.63) is 23.1 Å². The predicted molar refractivity (Wildman–Crippen MR) is 74.4 cm³/mol. The number of hydrogen-bond donors (Lipinski definition) is 0. The predicted octanol–water partition coefficient (Wildman–Crippen LogP) is 3.75. The van der Waals surface area contributed by atoms with Gasteiger partial charge in [-0.3, -0.25) is 4.79 Å². The molecule has 0 bridgehead atoms. The highest BCUT2D eigenvalue weighted by molar-refractivity contribution is 5.66. The van der Waals surface area contributed by atoms with Gasteiger partial charge in [0.25, 0.3) is 5.54 Å². The molecule has 2 aliphatic carbocycles. The van der Waals surface area contributed by atoms with Gasteiger partial charge in [-0.25, -0.2) is 6.57 Å². The third-order valence-corrected chi connectivity index (χ3v) is 4.82. The van der Waals surface area contributed by atoms with Crippen LogP contribution in [0.5, 0.6) is 0 Å². The molecule has 3 heteroatoms. The summed E-state index contributed by atoms with van der Waals surface area (Å²) >= 11 is 0. The van der Waals surface area contributed by atoms with Crippen LogP contribution in [-0.2, 0) is 9.53 Å². The van der Waals surface area contributed by atoms with E-state index in [1.54, 1.807) is 0 Å². The van der Waals surface area contributed by atoms with E-state index in [0.717, 1.165) is 25.7 Å². The topological polar surface area (TPSA) is 30.7 Å². The molecule has 0 unspecified atom stereocenters. The highest BCUT2D eigenvalue weighted by Crippen LogP contribution is 2.43. The van der Waals surface area contributed by atoms with Crippen molar-refractivity contribution < 1.29 is 9.53 Å². The number of hydrogen-bond acceptors (Lipinski definition) is 2. The average Bonchev–Trinajstić information content (AvgIpc) is 2.49. The first-order valence-corrected chi connectivity index (χ1v) is 7.24. The fourth-order valence-corrected chi connectivity index (χ4v) is 3.36. The molecule has 3 nitrogen and oxygen atoms in total. The quantitative estimate of drug-likeness (QED) is 0.409. The van der Waals surface area contributed by atoms with Gasteiger partial charge in [0.15, 0.2) is 0 Å². The molecule has 0 aromatic carbocycles. The number of ether oxygens (including phenoxy) is 1. The van der Waals surface area contributed by atoms with Gasteiger partial charge in [-0.05, 0) is 43.6 Å². The summed E-state index contributed by atoms with van der Waals surface area (Å²) in [6, 6.07) is 0. The van der Waals surface area contributed by atoms with E-state index in [-0.39, 0.29) is 12.1 Å². The standard InChI is InChI=1S/C16H23NO2/c1-11-8-9-13-6-5-7-15(19-12(2)18)14(13)10-16(11,3)17-4/h10-11,13,15H,5-9H2,1-3H3/t11-,13-,15+,16+/m1/s1. The summed E-state index contributed by atoms with van der Waals surface area (Å²) in [5, 5.41) is 0. The van der Waals surface area contributed by atoms with E-state index in [0.29, 0.717) is 11.8 Å². The molecule has 1 saturated carbocycles. The van der Waals surface area contributed by atoms with Gasteiger partial charge in [0.05, 0.1) is 0 Å². The first-order chi connectivity index (χ1) is 8.96. The minimum absolute atomic E-state index is 0.0948.